The Bertz CT molecular complexity index is 969. The number of nitrogens with zero attached hydrogens (tertiary/aromatic N) is 6. The fourth-order valence-electron chi connectivity index (χ4n) is 3.56. The number of amides is 1. The normalized spacial score (nSPS) is 16.6. The van der Waals surface area contributed by atoms with Gasteiger partial charge in [-0.1, -0.05) is 6.07 Å². The van der Waals surface area contributed by atoms with Gasteiger partial charge in [0, 0.05) is 49.1 Å². The molecule has 1 atom stereocenters. The second-order valence-electron chi connectivity index (χ2n) is 7.37. The van der Waals surface area contributed by atoms with Crippen LogP contribution in [-0.4, -0.2) is 43.0 Å². The summed E-state index contributed by atoms with van der Waals surface area (Å²) >= 11 is 0. The van der Waals surface area contributed by atoms with Crippen LogP contribution >= 0.6 is 0 Å². The number of nitrogens with one attached hydrogen (secondary N) is 1. The van der Waals surface area contributed by atoms with Crippen LogP contribution in [0.25, 0.3) is 5.95 Å². The van der Waals surface area contributed by atoms with Crippen molar-refractivity contribution in [2.24, 2.45) is 0 Å². The second kappa shape index (κ2) is 8.38. The molecule has 0 saturated carbocycles. The van der Waals surface area contributed by atoms with E-state index in [9.17, 15) is 4.79 Å². The Morgan fingerprint density at radius 2 is 2.10 bits per heavy atom. The van der Waals surface area contributed by atoms with Crippen LogP contribution in [0.5, 0.6) is 0 Å². The Morgan fingerprint density at radius 1 is 1.21 bits per heavy atom. The maximum atomic E-state index is 13.0. The van der Waals surface area contributed by atoms with Crippen LogP contribution in [0.2, 0.25) is 0 Å². The van der Waals surface area contributed by atoms with Gasteiger partial charge in [0.2, 0.25) is 11.9 Å². The van der Waals surface area contributed by atoms with E-state index in [2.05, 4.69) is 25.2 Å². The summed E-state index contributed by atoms with van der Waals surface area (Å²) in [4.78, 5) is 32.7. The molecule has 1 aliphatic rings. The highest BCUT2D eigenvalue weighted by atomic mass is 16.2. The lowest BCUT2D eigenvalue weighted by Gasteiger charge is -2.35. The first kappa shape index (κ1) is 19.0. The molecule has 1 amide bonds. The molecule has 4 heterocycles. The van der Waals surface area contributed by atoms with Crippen molar-refractivity contribution < 1.29 is 4.79 Å². The lowest BCUT2D eigenvalue weighted by Crippen LogP contribution is -2.50. The summed E-state index contributed by atoms with van der Waals surface area (Å²) in [6, 6.07) is 5.64. The number of carbonyl (C=O) groups excluding carboxylic acids is 1. The summed E-state index contributed by atoms with van der Waals surface area (Å²) in [7, 11) is 0. The fraction of sp³-hybridized carbons (Fsp3) is 0.381. The van der Waals surface area contributed by atoms with Crippen LogP contribution in [0.4, 0.5) is 5.82 Å². The van der Waals surface area contributed by atoms with Gasteiger partial charge < -0.3 is 10.2 Å². The molecule has 8 heteroatoms. The van der Waals surface area contributed by atoms with Crippen molar-refractivity contribution in [2.75, 3.05) is 11.4 Å². The molecule has 0 aliphatic carbocycles. The second-order valence-corrected chi connectivity index (χ2v) is 7.37. The average Bonchev–Trinajstić information content (AvgIpc) is 3.28. The minimum atomic E-state index is -0.243. The van der Waals surface area contributed by atoms with Crippen LogP contribution in [0, 0.1) is 13.8 Å². The summed E-state index contributed by atoms with van der Waals surface area (Å²) in [5.41, 5.74) is 2.81. The molecule has 1 N–H and O–H groups in total. The van der Waals surface area contributed by atoms with Gasteiger partial charge in [0.05, 0.1) is 0 Å². The van der Waals surface area contributed by atoms with Gasteiger partial charge in [0.1, 0.15) is 18.2 Å². The number of rotatable bonds is 5. The van der Waals surface area contributed by atoms with Crippen molar-refractivity contribution in [1.82, 2.24) is 29.8 Å². The maximum Gasteiger partial charge on any atom is 0.243 e. The van der Waals surface area contributed by atoms with Gasteiger partial charge in [-0.05, 0) is 44.7 Å². The highest BCUT2D eigenvalue weighted by Crippen LogP contribution is 2.24. The molecule has 3 aromatic heterocycles. The van der Waals surface area contributed by atoms with E-state index < -0.39 is 0 Å². The first-order valence-corrected chi connectivity index (χ1v) is 9.90. The van der Waals surface area contributed by atoms with Gasteiger partial charge in [0.25, 0.3) is 0 Å². The summed E-state index contributed by atoms with van der Waals surface area (Å²) in [6.07, 6.45) is 9.86. The summed E-state index contributed by atoms with van der Waals surface area (Å²) in [5.74, 6) is 1.36. The Hall–Kier alpha value is -3.29. The molecule has 0 aromatic carbocycles. The minimum Gasteiger partial charge on any atom is -0.350 e. The van der Waals surface area contributed by atoms with E-state index in [0.29, 0.717) is 12.5 Å². The highest BCUT2D eigenvalue weighted by molar-refractivity contribution is 5.85. The van der Waals surface area contributed by atoms with Gasteiger partial charge in [-0.3, -0.25) is 14.3 Å². The molecule has 29 heavy (non-hydrogen) atoms. The van der Waals surface area contributed by atoms with Gasteiger partial charge in [-0.25, -0.2) is 9.97 Å². The monoisotopic (exact) mass is 391 g/mol. The molecule has 150 valence electrons. The molecule has 0 bridgehead atoms. The number of imidazole rings is 1. The maximum absolute atomic E-state index is 13.0. The Balaban J connectivity index is 1.52. The third kappa shape index (κ3) is 4.42. The van der Waals surface area contributed by atoms with Crippen LogP contribution in [0.1, 0.15) is 36.2 Å². The third-order valence-electron chi connectivity index (χ3n) is 5.10. The zero-order valence-corrected chi connectivity index (χ0v) is 16.7. The zero-order chi connectivity index (χ0) is 20.2. The largest absolute Gasteiger partial charge is 0.350 e. The molecule has 1 unspecified atom stereocenters. The predicted octanol–water partition coefficient (Wildman–Crippen LogP) is 2.35. The number of aryl methyl sites for hydroxylation is 2. The lowest BCUT2D eigenvalue weighted by molar-refractivity contribution is -0.123. The van der Waals surface area contributed by atoms with Gasteiger partial charge >= 0.3 is 0 Å². The van der Waals surface area contributed by atoms with Crippen molar-refractivity contribution in [3.8, 4) is 5.95 Å². The number of pyridine rings is 1. The fourth-order valence-corrected chi connectivity index (χ4v) is 3.56. The van der Waals surface area contributed by atoms with Crippen molar-refractivity contribution in [2.45, 2.75) is 45.7 Å². The molecule has 1 aliphatic heterocycles. The summed E-state index contributed by atoms with van der Waals surface area (Å²) in [6.45, 7) is 5.16. The number of hydrogen-bond donors (Lipinski definition) is 1. The molecular formula is C21H25N7O. The van der Waals surface area contributed by atoms with E-state index in [4.69, 9.17) is 4.98 Å². The Labute approximate surface area is 170 Å². The van der Waals surface area contributed by atoms with Crippen molar-refractivity contribution >= 4 is 11.7 Å². The zero-order valence-electron chi connectivity index (χ0n) is 16.7. The highest BCUT2D eigenvalue weighted by Gasteiger charge is 2.30. The Kier molecular flexibility index (Phi) is 5.50. The van der Waals surface area contributed by atoms with Crippen LogP contribution in [-0.2, 0) is 11.3 Å². The standard InChI is InChI=1S/C21H25N7O/c1-15-6-7-17(12-23-15)13-24-20(29)18-5-3-4-9-28(18)19-11-16(2)25-21(26-19)27-10-8-22-14-27/h6-8,10-12,14,18H,3-5,9,13H2,1-2H3,(H,24,29). The molecule has 1 fully saturated rings. The smallest absolute Gasteiger partial charge is 0.243 e. The van der Waals surface area contributed by atoms with E-state index >= 15 is 0 Å². The van der Waals surface area contributed by atoms with E-state index in [-0.39, 0.29) is 11.9 Å². The third-order valence-corrected chi connectivity index (χ3v) is 5.10. The molecule has 0 spiro atoms. The van der Waals surface area contributed by atoms with Crippen LogP contribution in [0.3, 0.4) is 0 Å². The van der Waals surface area contributed by atoms with Gasteiger partial charge in [-0.15, -0.1) is 0 Å². The molecule has 4 rings (SSSR count). The average molecular weight is 391 g/mol. The number of aromatic nitrogens is 5. The van der Waals surface area contributed by atoms with Crippen LogP contribution in [0.15, 0.2) is 43.1 Å². The number of piperidine rings is 1. The van der Waals surface area contributed by atoms with E-state index in [1.54, 1.807) is 23.3 Å². The number of carbonyl (C=O) groups is 1. The van der Waals surface area contributed by atoms with Gasteiger partial charge in [-0.2, -0.15) is 4.98 Å². The topological polar surface area (TPSA) is 88.8 Å². The molecule has 8 nitrogen and oxygen atoms in total. The minimum absolute atomic E-state index is 0.0192. The lowest BCUT2D eigenvalue weighted by atomic mass is 10.0. The molecular weight excluding hydrogens is 366 g/mol. The number of hydrogen-bond acceptors (Lipinski definition) is 6. The van der Waals surface area contributed by atoms with E-state index in [1.165, 1.54) is 0 Å². The Morgan fingerprint density at radius 3 is 2.86 bits per heavy atom. The molecule has 3 aromatic rings. The molecule has 1 saturated heterocycles. The van der Waals surface area contributed by atoms with E-state index in [1.807, 2.05) is 38.2 Å². The SMILES string of the molecule is Cc1ccc(CNC(=O)C2CCCCN2c2cc(C)nc(-n3ccnc3)n2)cn1. The van der Waals surface area contributed by atoms with Gasteiger partial charge in [0.15, 0.2) is 0 Å². The first-order valence-electron chi connectivity index (χ1n) is 9.90. The van der Waals surface area contributed by atoms with Crippen molar-refractivity contribution in [3.63, 3.8) is 0 Å². The molecule has 0 radical (unpaired) electrons. The van der Waals surface area contributed by atoms with Crippen LogP contribution < -0.4 is 10.2 Å². The van der Waals surface area contributed by atoms with E-state index in [0.717, 1.165) is 48.6 Å². The summed E-state index contributed by atoms with van der Waals surface area (Å²) in [5, 5.41) is 3.07. The van der Waals surface area contributed by atoms with Crippen molar-refractivity contribution in [1.29, 1.82) is 0 Å². The van der Waals surface area contributed by atoms with Crippen molar-refractivity contribution in [3.05, 3.63) is 60.1 Å². The number of anilines is 1. The quantitative estimate of drug-likeness (QED) is 0.718. The first-order chi connectivity index (χ1) is 14.1. The predicted molar refractivity (Wildman–Crippen MR) is 110 cm³/mol. The summed E-state index contributed by atoms with van der Waals surface area (Å²) < 4.78 is 1.78.